The van der Waals surface area contributed by atoms with Crippen LogP contribution >= 0.6 is 0 Å². The molecule has 1 aromatic carbocycles. The lowest BCUT2D eigenvalue weighted by atomic mass is 10.1. The Morgan fingerprint density at radius 3 is 3.05 bits per heavy atom. The van der Waals surface area contributed by atoms with E-state index in [9.17, 15) is 9.90 Å². The van der Waals surface area contributed by atoms with E-state index in [4.69, 9.17) is 4.74 Å². The molecule has 2 atom stereocenters. The number of nitrogens with zero attached hydrogens (tertiary/aromatic N) is 2. The number of benzene rings is 1. The molecule has 1 N–H and O–H groups in total. The van der Waals surface area contributed by atoms with Crippen LogP contribution in [0.1, 0.15) is 17.3 Å². The summed E-state index contributed by atoms with van der Waals surface area (Å²) in [5.41, 5.74) is 0.596. The first-order chi connectivity index (χ1) is 10.2. The molecule has 0 bridgehead atoms. The number of carbonyl (C=O) groups excluding carboxylic acids is 1. The molecule has 1 aliphatic heterocycles. The molecule has 0 unspecified atom stereocenters. The van der Waals surface area contributed by atoms with Crippen LogP contribution in [0.15, 0.2) is 36.7 Å². The van der Waals surface area contributed by atoms with E-state index in [0.717, 1.165) is 10.8 Å². The third-order valence-electron chi connectivity index (χ3n) is 3.87. The van der Waals surface area contributed by atoms with Crippen molar-refractivity contribution in [2.75, 3.05) is 19.8 Å². The molecular weight excluding hydrogens is 268 g/mol. The number of ether oxygens (including phenoxy) is 1. The Hall–Kier alpha value is -1.98. The summed E-state index contributed by atoms with van der Waals surface area (Å²) in [7, 11) is 0. The molecule has 1 saturated heterocycles. The monoisotopic (exact) mass is 286 g/mol. The van der Waals surface area contributed by atoms with Gasteiger partial charge in [-0.05, 0) is 12.3 Å². The summed E-state index contributed by atoms with van der Waals surface area (Å²) in [6.45, 7) is 2.71. The van der Waals surface area contributed by atoms with Gasteiger partial charge in [0, 0.05) is 24.3 Å². The van der Waals surface area contributed by atoms with Crippen molar-refractivity contribution in [3.8, 4) is 0 Å². The lowest BCUT2D eigenvalue weighted by Gasteiger charge is -2.37. The highest BCUT2D eigenvalue weighted by Gasteiger charge is 2.30. The number of fused-ring (bicyclic) bond motifs is 1. The lowest BCUT2D eigenvalue weighted by molar-refractivity contribution is -0.0667. The standard InChI is InChI=1S/C16H18N2O3/c1-11-10-21-13(9-19)8-18(11)16(20)15-7-17-6-12-4-2-3-5-14(12)15/h2-7,11,13,19H,8-10H2,1H3/t11-,13-/m0/s1. The molecule has 2 heterocycles. The van der Waals surface area contributed by atoms with E-state index in [1.807, 2.05) is 31.2 Å². The number of aromatic nitrogens is 1. The van der Waals surface area contributed by atoms with Crippen LogP contribution < -0.4 is 0 Å². The second kappa shape index (κ2) is 5.79. The van der Waals surface area contributed by atoms with Gasteiger partial charge in [0.25, 0.3) is 5.91 Å². The molecular formula is C16H18N2O3. The first-order valence-electron chi connectivity index (χ1n) is 7.07. The van der Waals surface area contributed by atoms with E-state index >= 15 is 0 Å². The molecule has 21 heavy (non-hydrogen) atoms. The first-order valence-corrected chi connectivity index (χ1v) is 7.07. The van der Waals surface area contributed by atoms with Gasteiger partial charge in [-0.15, -0.1) is 0 Å². The summed E-state index contributed by atoms with van der Waals surface area (Å²) in [6.07, 6.45) is 3.06. The minimum atomic E-state index is -0.312. The van der Waals surface area contributed by atoms with Crippen LogP contribution in [-0.2, 0) is 4.74 Å². The average molecular weight is 286 g/mol. The van der Waals surface area contributed by atoms with Crippen LogP contribution in [0.25, 0.3) is 10.8 Å². The molecule has 0 saturated carbocycles. The van der Waals surface area contributed by atoms with E-state index in [2.05, 4.69) is 4.98 Å². The zero-order chi connectivity index (χ0) is 14.8. The van der Waals surface area contributed by atoms with Crippen molar-refractivity contribution in [2.45, 2.75) is 19.1 Å². The van der Waals surface area contributed by atoms with E-state index in [-0.39, 0.29) is 24.7 Å². The van der Waals surface area contributed by atoms with Crippen molar-refractivity contribution < 1.29 is 14.6 Å². The highest BCUT2D eigenvalue weighted by Crippen LogP contribution is 2.21. The summed E-state index contributed by atoms with van der Waals surface area (Å²) in [6, 6.07) is 7.70. The van der Waals surface area contributed by atoms with Crippen molar-refractivity contribution in [1.29, 1.82) is 0 Å². The number of hydrogen-bond donors (Lipinski definition) is 1. The normalized spacial score (nSPS) is 22.5. The van der Waals surface area contributed by atoms with E-state index in [1.54, 1.807) is 17.3 Å². The Kier molecular flexibility index (Phi) is 3.86. The van der Waals surface area contributed by atoms with Gasteiger partial charge in [0.15, 0.2) is 0 Å². The molecule has 3 rings (SSSR count). The van der Waals surface area contributed by atoms with Gasteiger partial charge in [-0.1, -0.05) is 24.3 Å². The third kappa shape index (κ3) is 2.62. The average Bonchev–Trinajstić information content (AvgIpc) is 2.54. The fraction of sp³-hybridized carbons (Fsp3) is 0.375. The van der Waals surface area contributed by atoms with Gasteiger partial charge >= 0.3 is 0 Å². The van der Waals surface area contributed by atoms with Crippen molar-refractivity contribution >= 4 is 16.7 Å². The summed E-state index contributed by atoms with van der Waals surface area (Å²) < 4.78 is 5.48. The van der Waals surface area contributed by atoms with Gasteiger partial charge < -0.3 is 14.7 Å². The molecule has 5 nitrogen and oxygen atoms in total. The number of carbonyl (C=O) groups is 1. The summed E-state index contributed by atoms with van der Waals surface area (Å²) in [5.74, 6) is -0.0615. The van der Waals surface area contributed by atoms with E-state index in [1.165, 1.54) is 0 Å². The molecule has 0 radical (unpaired) electrons. The van der Waals surface area contributed by atoms with Crippen molar-refractivity contribution in [3.63, 3.8) is 0 Å². The number of aliphatic hydroxyl groups excluding tert-OH is 1. The van der Waals surface area contributed by atoms with Gasteiger partial charge in [0.2, 0.25) is 0 Å². The topological polar surface area (TPSA) is 62.7 Å². The van der Waals surface area contributed by atoms with Crippen LogP contribution in [0.2, 0.25) is 0 Å². The summed E-state index contributed by atoms with van der Waals surface area (Å²) in [4.78, 5) is 18.8. The van der Waals surface area contributed by atoms with Gasteiger partial charge in [0.1, 0.15) is 0 Å². The first kappa shape index (κ1) is 14.0. The fourth-order valence-electron chi connectivity index (χ4n) is 2.65. The van der Waals surface area contributed by atoms with Crippen molar-refractivity contribution in [1.82, 2.24) is 9.88 Å². The second-order valence-electron chi connectivity index (χ2n) is 5.35. The molecule has 0 aliphatic carbocycles. The molecule has 0 spiro atoms. The Morgan fingerprint density at radius 2 is 2.24 bits per heavy atom. The molecule has 1 amide bonds. The summed E-state index contributed by atoms with van der Waals surface area (Å²) in [5, 5.41) is 11.1. The maximum atomic E-state index is 12.8. The Bertz CT molecular complexity index is 654. The molecule has 1 aliphatic rings. The van der Waals surface area contributed by atoms with Crippen LogP contribution in [0.5, 0.6) is 0 Å². The molecule has 1 aromatic heterocycles. The van der Waals surface area contributed by atoms with E-state index in [0.29, 0.717) is 18.7 Å². The van der Waals surface area contributed by atoms with Crippen LogP contribution in [0, 0.1) is 0 Å². The van der Waals surface area contributed by atoms with Gasteiger partial charge in [-0.2, -0.15) is 0 Å². The maximum absolute atomic E-state index is 12.8. The minimum absolute atomic E-state index is 0.0146. The Balaban J connectivity index is 1.96. The van der Waals surface area contributed by atoms with Crippen molar-refractivity contribution in [3.05, 3.63) is 42.2 Å². The molecule has 5 heteroatoms. The van der Waals surface area contributed by atoms with Crippen LogP contribution in [0.3, 0.4) is 0 Å². The number of pyridine rings is 1. The second-order valence-corrected chi connectivity index (χ2v) is 5.35. The van der Waals surface area contributed by atoms with Crippen LogP contribution in [-0.4, -0.2) is 52.8 Å². The number of hydrogen-bond acceptors (Lipinski definition) is 4. The maximum Gasteiger partial charge on any atom is 0.256 e. The predicted molar refractivity (Wildman–Crippen MR) is 79.1 cm³/mol. The number of morpholine rings is 1. The SMILES string of the molecule is C[C@H]1CO[C@H](CO)CN1C(=O)c1cncc2ccccc12. The fourth-order valence-corrected chi connectivity index (χ4v) is 2.65. The highest BCUT2D eigenvalue weighted by molar-refractivity contribution is 6.06. The largest absolute Gasteiger partial charge is 0.394 e. The number of amides is 1. The molecule has 110 valence electrons. The molecule has 1 fully saturated rings. The number of aliphatic hydroxyl groups is 1. The zero-order valence-corrected chi connectivity index (χ0v) is 11.9. The van der Waals surface area contributed by atoms with Gasteiger partial charge in [-0.3, -0.25) is 9.78 Å². The van der Waals surface area contributed by atoms with E-state index < -0.39 is 0 Å². The minimum Gasteiger partial charge on any atom is -0.394 e. The highest BCUT2D eigenvalue weighted by atomic mass is 16.5. The van der Waals surface area contributed by atoms with Crippen molar-refractivity contribution in [2.24, 2.45) is 0 Å². The number of rotatable bonds is 2. The zero-order valence-electron chi connectivity index (χ0n) is 11.9. The Morgan fingerprint density at radius 1 is 1.43 bits per heavy atom. The quantitative estimate of drug-likeness (QED) is 0.908. The predicted octanol–water partition coefficient (Wildman–Crippen LogP) is 1.46. The van der Waals surface area contributed by atoms with Gasteiger partial charge in [0.05, 0.1) is 30.9 Å². The summed E-state index contributed by atoms with van der Waals surface area (Å²) >= 11 is 0. The third-order valence-corrected chi connectivity index (χ3v) is 3.87. The molecule has 2 aromatic rings. The lowest BCUT2D eigenvalue weighted by Crippen LogP contribution is -2.52. The smallest absolute Gasteiger partial charge is 0.256 e. The van der Waals surface area contributed by atoms with Gasteiger partial charge in [-0.25, -0.2) is 0 Å². The Labute approximate surface area is 123 Å². The van der Waals surface area contributed by atoms with Crippen LogP contribution in [0.4, 0.5) is 0 Å².